The van der Waals surface area contributed by atoms with E-state index in [1.807, 2.05) is 77.1 Å². The lowest BCUT2D eigenvalue weighted by atomic mass is 10.00. The molecule has 0 spiro atoms. The Balaban J connectivity index is 2.16. The van der Waals surface area contributed by atoms with E-state index in [0.29, 0.717) is 21.3 Å². The van der Waals surface area contributed by atoms with Crippen LogP contribution >= 0.6 is 23.2 Å². The van der Waals surface area contributed by atoms with E-state index in [1.54, 1.807) is 30.3 Å². The van der Waals surface area contributed by atoms with E-state index in [-0.39, 0.29) is 24.8 Å². The molecule has 1 atom stereocenters. The van der Waals surface area contributed by atoms with Crippen LogP contribution in [0.3, 0.4) is 0 Å². The maximum Gasteiger partial charge on any atom is 0.244 e. The summed E-state index contributed by atoms with van der Waals surface area (Å²) in [6.07, 6.45) is 1.26. The summed E-state index contributed by atoms with van der Waals surface area (Å²) in [5.74, 6) is -0.946. The molecule has 7 nitrogen and oxygen atoms in total. The van der Waals surface area contributed by atoms with Gasteiger partial charge in [0.05, 0.1) is 11.9 Å². The number of rotatable bonds is 11. The van der Waals surface area contributed by atoms with Crippen LogP contribution in [-0.4, -0.2) is 49.5 Å². The molecule has 0 radical (unpaired) electrons. The monoisotopic (exact) mass is 631 g/mol. The van der Waals surface area contributed by atoms with E-state index in [2.05, 4.69) is 5.32 Å². The van der Waals surface area contributed by atoms with Crippen molar-refractivity contribution in [2.24, 2.45) is 0 Å². The Morgan fingerprint density at radius 3 is 2.00 bits per heavy atom. The van der Waals surface area contributed by atoms with Gasteiger partial charge in [0.25, 0.3) is 0 Å². The van der Waals surface area contributed by atoms with Crippen LogP contribution in [0.15, 0.2) is 72.8 Å². The first kappa shape index (κ1) is 33.4. The smallest absolute Gasteiger partial charge is 0.244 e. The third-order valence-electron chi connectivity index (χ3n) is 6.67. The fourth-order valence-electron chi connectivity index (χ4n) is 4.66. The molecular formula is C32H39Cl2N3O4S. The molecule has 3 rings (SSSR count). The van der Waals surface area contributed by atoms with Crippen molar-refractivity contribution in [1.29, 1.82) is 0 Å². The Morgan fingerprint density at radius 1 is 0.881 bits per heavy atom. The third kappa shape index (κ3) is 8.96. The summed E-state index contributed by atoms with van der Waals surface area (Å²) >= 11 is 13.1. The van der Waals surface area contributed by atoms with Gasteiger partial charge in [-0.1, -0.05) is 91.6 Å². The molecule has 0 bridgehead atoms. The van der Waals surface area contributed by atoms with Gasteiger partial charge >= 0.3 is 0 Å². The summed E-state index contributed by atoms with van der Waals surface area (Å²) in [6, 6.07) is 20.5. The second-order valence-corrected chi connectivity index (χ2v) is 14.4. The lowest BCUT2D eigenvalue weighted by molar-refractivity contribution is -0.140. The summed E-state index contributed by atoms with van der Waals surface area (Å²) in [4.78, 5) is 29.6. The first-order chi connectivity index (χ1) is 19.6. The number of nitrogens with zero attached hydrogens (tertiary/aromatic N) is 2. The number of para-hydroxylation sites is 1. The van der Waals surface area contributed by atoms with Crippen LogP contribution in [0.25, 0.3) is 0 Å². The van der Waals surface area contributed by atoms with Gasteiger partial charge < -0.3 is 10.2 Å². The van der Waals surface area contributed by atoms with Crippen LogP contribution in [0.4, 0.5) is 5.69 Å². The van der Waals surface area contributed by atoms with E-state index >= 15 is 0 Å². The SMILES string of the molecule is CC(C)c1ccccc1N(CC(=O)N(Cc1c(Cl)cccc1Cl)C(Cc1ccccc1)C(=O)NC(C)(C)C)S(C)(=O)=O. The Hall–Kier alpha value is -3.07. The van der Waals surface area contributed by atoms with Crippen LogP contribution in [0.1, 0.15) is 57.2 Å². The Kier molecular flexibility index (Phi) is 11.1. The zero-order valence-electron chi connectivity index (χ0n) is 24.9. The minimum atomic E-state index is -3.89. The predicted octanol–water partition coefficient (Wildman–Crippen LogP) is 6.44. The van der Waals surface area contributed by atoms with E-state index in [9.17, 15) is 18.0 Å². The van der Waals surface area contributed by atoms with E-state index in [4.69, 9.17) is 23.2 Å². The summed E-state index contributed by atoms with van der Waals surface area (Å²) in [6.45, 7) is 8.87. The van der Waals surface area contributed by atoms with Gasteiger partial charge in [0.2, 0.25) is 21.8 Å². The molecule has 1 unspecified atom stereocenters. The second kappa shape index (κ2) is 13.9. The first-order valence-electron chi connectivity index (χ1n) is 13.7. The average Bonchev–Trinajstić information content (AvgIpc) is 2.89. The van der Waals surface area contributed by atoms with Gasteiger partial charge in [-0.05, 0) is 56.0 Å². The van der Waals surface area contributed by atoms with Crippen molar-refractivity contribution in [2.45, 2.75) is 65.1 Å². The summed E-state index contributed by atoms with van der Waals surface area (Å²) in [5.41, 5.74) is 1.90. The van der Waals surface area contributed by atoms with Crippen molar-refractivity contribution >= 4 is 50.7 Å². The molecule has 3 aromatic carbocycles. The fraction of sp³-hybridized carbons (Fsp3) is 0.375. The molecule has 10 heteroatoms. The van der Waals surface area contributed by atoms with Crippen molar-refractivity contribution in [3.63, 3.8) is 0 Å². The third-order valence-corrected chi connectivity index (χ3v) is 8.50. The molecule has 42 heavy (non-hydrogen) atoms. The van der Waals surface area contributed by atoms with Gasteiger partial charge in [0.1, 0.15) is 12.6 Å². The van der Waals surface area contributed by atoms with Crippen LogP contribution in [-0.2, 0) is 32.6 Å². The molecule has 0 saturated carbocycles. The summed E-state index contributed by atoms with van der Waals surface area (Å²) < 4.78 is 27.4. The molecule has 0 aromatic heterocycles. The average molecular weight is 633 g/mol. The van der Waals surface area contributed by atoms with Gasteiger partial charge in [-0.15, -0.1) is 0 Å². The molecular weight excluding hydrogens is 593 g/mol. The molecule has 0 heterocycles. The first-order valence-corrected chi connectivity index (χ1v) is 16.3. The number of hydrogen-bond donors (Lipinski definition) is 1. The fourth-order valence-corrected chi connectivity index (χ4v) is 6.04. The highest BCUT2D eigenvalue weighted by Gasteiger charge is 2.35. The van der Waals surface area contributed by atoms with Crippen LogP contribution in [0, 0.1) is 0 Å². The maximum absolute atomic E-state index is 14.3. The molecule has 2 amide bonds. The molecule has 226 valence electrons. The van der Waals surface area contributed by atoms with Gasteiger partial charge in [-0.25, -0.2) is 8.42 Å². The number of benzene rings is 3. The number of anilines is 1. The molecule has 0 fully saturated rings. The normalized spacial score (nSPS) is 12.6. The zero-order valence-corrected chi connectivity index (χ0v) is 27.2. The number of carbonyl (C=O) groups excluding carboxylic acids is 2. The quantitative estimate of drug-likeness (QED) is 0.264. The minimum absolute atomic E-state index is 0.00183. The molecule has 0 saturated heterocycles. The number of carbonyl (C=O) groups is 2. The van der Waals surface area contributed by atoms with E-state index in [1.165, 1.54) is 4.90 Å². The number of nitrogens with one attached hydrogen (secondary N) is 1. The molecule has 1 N–H and O–H groups in total. The summed E-state index contributed by atoms with van der Waals surface area (Å²) in [5, 5.41) is 3.67. The van der Waals surface area contributed by atoms with Crippen LogP contribution in [0.2, 0.25) is 10.0 Å². The minimum Gasteiger partial charge on any atom is -0.350 e. The zero-order chi connectivity index (χ0) is 31.2. The van der Waals surface area contributed by atoms with E-state index < -0.39 is 34.1 Å². The lowest BCUT2D eigenvalue weighted by Gasteiger charge is -2.35. The van der Waals surface area contributed by atoms with Crippen molar-refractivity contribution < 1.29 is 18.0 Å². The van der Waals surface area contributed by atoms with Gasteiger partial charge in [0.15, 0.2) is 0 Å². The van der Waals surface area contributed by atoms with Crippen molar-refractivity contribution in [1.82, 2.24) is 10.2 Å². The number of hydrogen-bond acceptors (Lipinski definition) is 4. The maximum atomic E-state index is 14.3. The Labute approximate surface area is 259 Å². The topological polar surface area (TPSA) is 86.8 Å². The lowest BCUT2D eigenvalue weighted by Crippen LogP contribution is -2.56. The van der Waals surface area contributed by atoms with Crippen molar-refractivity contribution in [2.75, 3.05) is 17.1 Å². The molecule has 0 aliphatic heterocycles. The van der Waals surface area contributed by atoms with Gasteiger partial charge in [-0.3, -0.25) is 13.9 Å². The highest BCUT2D eigenvalue weighted by molar-refractivity contribution is 7.92. The molecule has 0 aliphatic carbocycles. The van der Waals surface area contributed by atoms with Crippen LogP contribution in [0.5, 0.6) is 0 Å². The standard InChI is InChI=1S/C32H39Cl2N3O4S/c1-22(2)24-15-10-11-18-28(24)37(42(6,40)41)21-30(38)36(20-25-26(33)16-12-17-27(25)34)29(31(39)35-32(3,4)5)19-23-13-8-7-9-14-23/h7-18,22,29H,19-21H2,1-6H3,(H,35,39). The highest BCUT2D eigenvalue weighted by atomic mass is 35.5. The van der Waals surface area contributed by atoms with Crippen LogP contribution < -0.4 is 9.62 Å². The number of amides is 2. The Bertz CT molecular complexity index is 1490. The second-order valence-electron chi connectivity index (χ2n) is 11.6. The van der Waals surface area contributed by atoms with Crippen molar-refractivity contribution in [3.8, 4) is 0 Å². The largest absolute Gasteiger partial charge is 0.350 e. The van der Waals surface area contributed by atoms with Gasteiger partial charge in [0, 0.05) is 34.1 Å². The highest BCUT2D eigenvalue weighted by Crippen LogP contribution is 2.31. The number of halogens is 2. The predicted molar refractivity (Wildman–Crippen MR) is 172 cm³/mol. The Morgan fingerprint density at radius 2 is 1.45 bits per heavy atom. The van der Waals surface area contributed by atoms with Crippen molar-refractivity contribution in [3.05, 3.63) is 99.5 Å². The van der Waals surface area contributed by atoms with E-state index in [0.717, 1.165) is 21.7 Å². The summed E-state index contributed by atoms with van der Waals surface area (Å²) in [7, 11) is -3.89. The molecule has 0 aliphatic rings. The molecule has 3 aromatic rings. The van der Waals surface area contributed by atoms with Gasteiger partial charge in [-0.2, -0.15) is 0 Å². The number of sulfonamides is 1.